The summed E-state index contributed by atoms with van der Waals surface area (Å²) in [4.78, 5) is 16.1. The van der Waals surface area contributed by atoms with Gasteiger partial charge in [0.1, 0.15) is 0 Å². The second-order valence-corrected chi connectivity index (χ2v) is 4.73. The molecule has 0 aliphatic carbocycles. The number of hydrogen-bond donors (Lipinski definition) is 0. The maximum Gasteiger partial charge on any atom is 0.222 e. The molecule has 1 fully saturated rings. The van der Waals surface area contributed by atoms with Crippen molar-refractivity contribution in [1.29, 1.82) is 0 Å². The minimum Gasteiger partial charge on any atom is -0.385 e. The number of carbonyl (C=O) groups is 1. The number of amides is 1. The van der Waals surface area contributed by atoms with Crippen LogP contribution in [-0.4, -0.2) is 68.8 Å². The zero-order valence-electron chi connectivity index (χ0n) is 11.4. The van der Waals surface area contributed by atoms with Crippen molar-refractivity contribution < 1.29 is 14.6 Å². The molecule has 1 heterocycles. The third-order valence-corrected chi connectivity index (χ3v) is 3.33. The highest BCUT2D eigenvalue weighted by molar-refractivity contribution is 5.76. The van der Waals surface area contributed by atoms with Crippen LogP contribution in [0.3, 0.4) is 0 Å². The van der Waals surface area contributed by atoms with Crippen molar-refractivity contribution >= 4 is 5.91 Å². The summed E-state index contributed by atoms with van der Waals surface area (Å²) in [6, 6.07) is 0. The van der Waals surface area contributed by atoms with Crippen LogP contribution >= 0.6 is 0 Å². The first kappa shape index (κ1) is 15.4. The van der Waals surface area contributed by atoms with E-state index in [2.05, 4.69) is 4.90 Å². The SMILES string of the molecule is COCCCN1CCN(C(=O)CCCC[O])CC1. The largest absolute Gasteiger partial charge is 0.385 e. The maximum atomic E-state index is 11.8. The lowest BCUT2D eigenvalue weighted by Crippen LogP contribution is -2.48. The predicted octanol–water partition coefficient (Wildman–Crippen LogP) is 0.768. The molecule has 1 aliphatic rings. The number of hydrogen-bond acceptors (Lipinski definition) is 3. The molecule has 0 N–H and O–H groups in total. The molecular weight excluding hydrogens is 232 g/mol. The Morgan fingerprint density at radius 1 is 1.11 bits per heavy atom. The topological polar surface area (TPSA) is 52.7 Å². The van der Waals surface area contributed by atoms with E-state index in [4.69, 9.17) is 4.74 Å². The normalized spacial score (nSPS) is 17.1. The number of carbonyl (C=O) groups excluding carboxylic acids is 1. The number of nitrogens with zero attached hydrogens (tertiary/aromatic N) is 2. The summed E-state index contributed by atoms with van der Waals surface area (Å²) in [7, 11) is 1.72. The molecule has 0 saturated carbocycles. The monoisotopic (exact) mass is 257 g/mol. The first-order valence-electron chi connectivity index (χ1n) is 6.85. The first-order valence-corrected chi connectivity index (χ1v) is 6.85. The van der Waals surface area contributed by atoms with Crippen LogP contribution < -0.4 is 0 Å². The van der Waals surface area contributed by atoms with Gasteiger partial charge in [0.15, 0.2) is 0 Å². The minimum absolute atomic E-state index is 0.0689. The number of piperazine rings is 1. The fourth-order valence-electron chi connectivity index (χ4n) is 2.19. The molecule has 1 saturated heterocycles. The van der Waals surface area contributed by atoms with E-state index in [9.17, 15) is 9.90 Å². The fourth-order valence-corrected chi connectivity index (χ4v) is 2.19. The second kappa shape index (κ2) is 9.30. The molecule has 1 radical (unpaired) electrons. The quantitative estimate of drug-likeness (QED) is 0.603. The van der Waals surface area contributed by atoms with E-state index in [1.165, 1.54) is 0 Å². The Bertz CT molecular complexity index is 228. The molecule has 0 atom stereocenters. The van der Waals surface area contributed by atoms with Crippen molar-refractivity contribution in [3.8, 4) is 0 Å². The molecular formula is C13H25N2O3. The van der Waals surface area contributed by atoms with Gasteiger partial charge in [0.25, 0.3) is 0 Å². The lowest BCUT2D eigenvalue weighted by Gasteiger charge is -2.34. The Labute approximate surface area is 110 Å². The molecule has 0 aromatic rings. The molecule has 5 heteroatoms. The molecule has 0 unspecified atom stereocenters. The molecule has 1 amide bonds. The van der Waals surface area contributed by atoms with Crippen molar-refractivity contribution in [1.82, 2.24) is 9.80 Å². The Hall–Kier alpha value is -0.650. The molecule has 1 rings (SSSR count). The van der Waals surface area contributed by atoms with E-state index in [0.29, 0.717) is 12.8 Å². The zero-order chi connectivity index (χ0) is 13.2. The molecule has 0 spiro atoms. The van der Waals surface area contributed by atoms with Gasteiger partial charge in [-0.15, -0.1) is 0 Å². The molecule has 105 valence electrons. The standard InChI is InChI=1S/C13H25N2O3/c1-18-12-4-6-14-7-9-15(10-8-14)13(17)5-2-3-11-16/h2-12H2,1H3. The summed E-state index contributed by atoms with van der Waals surface area (Å²) >= 11 is 0. The van der Waals surface area contributed by atoms with Gasteiger partial charge < -0.3 is 9.64 Å². The van der Waals surface area contributed by atoms with Crippen LogP contribution in [0.5, 0.6) is 0 Å². The second-order valence-electron chi connectivity index (χ2n) is 4.73. The molecule has 5 nitrogen and oxygen atoms in total. The lowest BCUT2D eigenvalue weighted by molar-refractivity contribution is -0.133. The van der Waals surface area contributed by atoms with Gasteiger partial charge in [-0.1, -0.05) is 0 Å². The number of ether oxygens (including phenoxy) is 1. The van der Waals surface area contributed by atoms with Crippen LogP contribution in [0, 0.1) is 0 Å². The minimum atomic E-state index is -0.0689. The third-order valence-electron chi connectivity index (χ3n) is 3.33. The van der Waals surface area contributed by atoms with Gasteiger partial charge in [0.2, 0.25) is 5.91 Å². The van der Waals surface area contributed by atoms with Crippen molar-refractivity contribution in [3.05, 3.63) is 0 Å². The predicted molar refractivity (Wildman–Crippen MR) is 68.9 cm³/mol. The van der Waals surface area contributed by atoms with Crippen molar-refractivity contribution in [2.45, 2.75) is 25.7 Å². The van der Waals surface area contributed by atoms with Gasteiger partial charge in [0.05, 0.1) is 6.61 Å². The van der Waals surface area contributed by atoms with Crippen LogP contribution in [0.4, 0.5) is 0 Å². The Morgan fingerprint density at radius 3 is 2.44 bits per heavy atom. The smallest absolute Gasteiger partial charge is 0.222 e. The van der Waals surface area contributed by atoms with Gasteiger partial charge in [-0.3, -0.25) is 9.69 Å². The Kier molecular flexibility index (Phi) is 7.96. The number of unbranched alkanes of at least 4 members (excludes halogenated alkanes) is 1. The van der Waals surface area contributed by atoms with Crippen molar-refractivity contribution in [2.75, 3.05) is 53.0 Å². The average molecular weight is 257 g/mol. The van der Waals surface area contributed by atoms with E-state index in [-0.39, 0.29) is 12.5 Å². The highest BCUT2D eigenvalue weighted by atomic mass is 16.5. The summed E-state index contributed by atoms with van der Waals surface area (Å²) in [5, 5.41) is 10.3. The number of rotatable bonds is 8. The van der Waals surface area contributed by atoms with E-state index < -0.39 is 0 Å². The molecule has 0 bridgehead atoms. The third kappa shape index (κ3) is 5.80. The van der Waals surface area contributed by atoms with E-state index in [1.54, 1.807) is 7.11 Å². The van der Waals surface area contributed by atoms with E-state index in [1.807, 2.05) is 4.90 Å². The summed E-state index contributed by atoms with van der Waals surface area (Å²) in [5.41, 5.74) is 0. The van der Waals surface area contributed by atoms with Crippen LogP contribution in [0.2, 0.25) is 0 Å². The highest BCUT2D eigenvalue weighted by Crippen LogP contribution is 2.06. The van der Waals surface area contributed by atoms with Gasteiger partial charge in [-0.25, -0.2) is 5.11 Å². The lowest BCUT2D eigenvalue weighted by atomic mass is 10.2. The Balaban J connectivity index is 2.12. The van der Waals surface area contributed by atoms with Gasteiger partial charge in [-0.2, -0.15) is 0 Å². The summed E-state index contributed by atoms with van der Waals surface area (Å²) < 4.78 is 5.03. The van der Waals surface area contributed by atoms with Crippen LogP contribution in [0.1, 0.15) is 25.7 Å². The highest BCUT2D eigenvalue weighted by Gasteiger charge is 2.19. The summed E-state index contributed by atoms with van der Waals surface area (Å²) in [6.07, 6.45) is 2.93. The van der Waals surface area contributed by atoms with Gasteiger partial charge in [-0.05, 0) is 19.3 Å². The molecule has 0 aromatic carbocycles. The number of methoxy groups -OCH3 is 1. The fraction of sp³-hybridized carbons (Fsp3) is 0.923. The van der Waals surface area contributed by atoms with Crippen LogP contribution in [0.15, 0.2) is 0 Å². The molecule has 1 aliphatic heterocycles. The van der Waals surface area contributed by atoms with Crippen LogP contribution in [-0.2, 0) is 14.6 Å². The molecule has 0 aromatic heterocycles. The maximum absolute atomic E-state index is 11.8. The average Bonchev–Trinajstić information content (AvgIpc) is 2.40. The van der Waals surface area contributed by atoms with E-state index in [0.717, 1.165) is 52.2 Å². The van der Waals surface area contributed by atoms with Gasteiger partial charge in [0, 0.05) is 52.9 Å². The first-order chi connectivity index (χ1) is 8.77. The Morgan fingerprint density at radius 2 is 1.83 bits per heavy atom. The summed E-state index contributed by atoms with van der Waals surface area (Å²) in [6.45, 7) is 5.33. The zero-order valence-corrected chi connectivity index (χ0v) is 11.4. The molecule has 18 heavy (non-hydrogen) atoms. The van der Waals surface area contributed by atoms with Gasteiger partial charge >= 0.3 is 0 Å². The van der Waals surface area contributed by atoms with E-state index >= 15 is 0 Å². The van der Waals surface area contributed by atoms with Crippen molar-refractivity contribution in [3.63, 3.8) is 0 Å². The van der Waals surface area contributed by atoms with Crippen molar-refractivity contribution in [2.24, 2.45) is 0 Å². The van der Waals surface area contributed by atoms with Crippen LogP contribution in [0.25, 0.3) is 0 Å². The summed E-state index contributed by atoms with van der Waals surface area (Å²) in [5.74, 6) is 0.208.